The zero-order valence-corrected chi connectivity index (χ0v) is 20.8. The van der Waals surface area contributed by atoms with Crippen LogP contribution in [0.5, 0.6) is 5.88 Å². The number of hydrogen-bond donors (Lipinski definition) is 3. The molecule has 0 aliphatic heterocycles. The third-order valence-corrected chi connectivity index (χ3v) is 7.40. The van der Waals surface area contributed by atoms with Crippen LogP contribution in [0.1, 0.15) is 41.6 Å². The Morgan fingerprint density at radius 3 is 2.47 bits per heavy atom. The number of alkyl halides is 1. The zero-order chi connectivity index (χ0) is 24.7. The van der Waals surface area contributed by atoms with Gasteiger partial charge in [0, 0.05) is 24.2 Å². The van der Waals surface area contributed by atoms with E-state index in [4.69, 9.17) is 27.9 Å². The molecule has 1 aliphatic carbocycles. The Labute approximate surface area is 208 Å². The Balaban J connectivity index is 1.50. The maximum absolute atomic E-state index is 12.5. The summed E-state index contributed by atoms with van der Waals surface area (Å²) in [5.74, 6) is -0.222. The first-order valence-corrected chi connectivity index (χ1v) is 13.0. The van der Waals surface area contributed by atoms with Gasteiger partial charge in [0.05, 0.1) is 17.0 Å². The Morgan fingerprint density at radius 1 is 1.15 bits per heavy atom. The van der Waals surface area contributed by atoms with Crippen LogP contribution in [-0.2, 0) is 16.4 Å². The normalized spacial score (nSPS) is 18.1. The average Bonchev–Trinajstić information content (AvgIpc) is 2.80. The molecule has 0 bridgehead atoms. The molecule has 0 saturated heterocycles. The average molecular weight is 529 g/mol. The summed E-state index contributed by atoms with van der Waals surface area (Å²) in [6.45, 7) is 0.297. The number of rotatable bonds is 8. The van der Waals surface area contributed by atoms with Gasteiger partial charge < -0.3 is 15.4 Å². The van der Waals surface area contributed by atoms with Gasteiger partial charge >= 0.3 is 6.03 Å². The molecule has 0 atom stereocenters. The van der Waals surface area contributed by atoms with Gasteiger partial charge in [-0.1, -0.05) is 23.7 Å². The second-order valence-electron chi connectivity index (χ2n) is 7.89. The Kier molecular flexibility index (Phi) is 8.98. The summed E-state index contributed by atoms with van der Waals surface area (Å²) >= 11 is 12.0. The lowest BCUT2D eigenvalue weighted by Crippen LogP contribution is -2.45. The van der Waals surface area contributed by atoms with Crippen molar-refractivity contribution in [3.63, 3.8) is 0 Å². The van der Waals surface area contributed by atoms with E-state index in [9.17, 15) is 18.0 Å². The summed E-state index contributed by atoms with van der Waals surface area (Å²) in [5, 5.41) is 5.86. The van der Waals surface area contributed by atoms with Gasteiger partial charge in [0.15, 0.2) is 0 Å². The number of ether oxygens (including phenoxy) is 1. The minimum absolute atomic E-state index is 0.0327. The van der Waals surface area contributed by atoms with E-state index < -0.39 is 16.1 Å². The smallest absolute Gasteiger partial charge is 0.328 e. The number of sulfonamides is 1. The number of carbonyl (C=O) groups excluding carboxylic acids is 2. The summed E-state index contributed by atoms with van der Waals surface area (Å²) in [5.41, 5.74) is 1.02. The first kappa shape index (κ1) is 26.1. The van der Waals surface area contributed by atoms with Crippen molar-refractivity contribution in [1.29, 1.82) is 0 Å². The number of carbonyl (C=O) groups is 2. The van der Waals surface area contributed by atoms with Gasteiger partial charge in [-0.25, -0.2) is 22.9 Å². The molecule has 1 aliphatic rings. The predicted molar refractivity (Wildman–Crippen MR) is 129 cm³/mol. The highest BCUT2D eigenvalue weighted by Gasteiger charge is 2.23. The molecule has 12 heteroatoms. The van der Waals surface area contributed by atoms with Crippen molar-refractivity contribution in [1.82, 2.24) is 20.3 Å². The van der Waals surface area contributed by atoms with Gasteiger partial charge in [-0.2, -0.15) is 0 Å². The van der Waals surface area contributed by atoms with Crippen molar-refractivity contribution in [3.05, 3.63) is 52.7 Å². The topological polar surface area (TPSA) is 126 Å². The number of nitrogens with one attached hydrogen (secondary N) is 3. The lowest BCUT2D eigenvalue weighted by molar-refractivity contribution is 0.0950. The molecule has 3 N–H and O–H groups in total. The lowest BCUT2D eigenvalue weighted by Gasteiger charge is -2.25. The standard InChI is InChI=1S/C22H26Cl2N4O5S/c1-33-21-19(12-16(24)13-26-21)20(29)25-11-10-14-2-8-18(9-3-14)34(31,32)28-22(30)27-17-6-4-15(23)5-7-17/h2-3,8-9,12-13,15,17H,4-7,10-11H2,1H3,(H,25,29)(H2,27,28,30). The van der Waals surface area contributed by atoms with Crippen LogP contribution >= 0.6 is 23.2 Å². The van der Waals surface area contributed by atoms with Crippen LogP contribution in [0.25, 0.3) is 0 Å². The van der Waals surface area contributed by atoms with E-state index in [2.05, 4.69) is 15.6 Å². The number of amides is 3. The molecule has 34 heavy (non-hydrogen) atoms. The molecule has 3 rings (SSSR count). The molecule has 184 valence electrons. The van der Waals surface area contributed by atoms with Gasteiger partial charge in [0.2, 0.25) is 5.88 Å². The predicted octanol–water partition coefficient (Wildman–Crippen LogP) is 3.25. The number of pyridine rings is 1. The minimum atomic E-state index is -4.01. The number of hydrogen-bond acceptors (Lipinski definition) is 6. The molecule has 9 nitrogen and oxygen atoms in total. The maximum atomic E-state index is 12.5. The van der Waals surface area contributed by atoms with Crippen LogP contribution in [0.15, 0.2) is 41.4 Å². The molecule has 0 spiro atoms. The molecule has 3 amide bonds. The number of urea groups is 1. The number of nitrogens with zero attached hydrogens (tertiary/aromatic N) is 1. The van der Waals surface area contributed by atoms with Crippen LogP contribution in [0.2, 0.25) is 5.02 Å². The Morgan fingerprint density at radius 2 is 1.82 bits per heavy atom. The fourth-order valence-corrected chi connectivity index (χ4v) is 4.92. The summed E-state index contributed by atoms with van der Waals surface area (Å²) in [6.07, 6.45) is 4.84. The van der Waals surface area contributed by atoms with Gasteiger partial charge in [-0.3, -0.25) is 4.79 Å². The third kappa shape index (κ3) is 7.22. The fourth-order valence-electron chi connectivity index (χ4n) is 3.60. The van der Waals surface area contributed by atoms with Crippen molar-refractivity contribution < 1.29 is 22.7 Å². The zero-order valence-electron chi connectivity index (χ0n) is 18.5. The van der Waals surface area contributed by atoms with E-state index in [1.807, 2.05) is 4.72 Å². The van der Waals surface area contributed by atoms with Crippen LogP contribution in [0.3, 0.4) is 0 Å². The number of benzene rings is 1. The molecule has 1 saturated carbocycles. The van der Waals surface area contributed by atoms with E-state index >= 15 is 0 Å². The molecule has 2 aromatic rings. The monoisotopic (exact) mass is 528 g/mol. The summed E-state index contributed by atoms with van der Waals surface area (Å²) in [7, 11) is -2.60. The molecular formula is C22H26Cl2N4O5S. The highest BCUT2D eigenvalue weighted by molar-refractivity contribution is 7.90. The van der Waals surface area contributed by atoms with Crippen LogP contribution in [-0.4, -0.2) is 50.4 Å². The number of methoxy groups -OCH3 is 1. The van der Waals surface area contributed by atoms with Gasteiger partial charge in [0.25, 0.3) is 15.9 Å². The van der Waals surface area contributed by atoms with Crippen molar-refractivity contribution in [3.8, 4) is 5.88 Å². The van der Waals surface area contributed by atoms with E-state index in [1.54, 1.807) is 12.1 Å². The molecular weight excluding hydrogens is 503 g/mol. The molecule has 1 heterocycles. The largest absolute Gasteiger partial charge is 0.480 e. The van der Waals surface area contributed by atoms with Gasteiger partial charge in [-0.05, 0) is 55.9 Å². The Hall–Kier alpha value is -2.56. The second kappa shape index (κ2) is 11.7. The van der Waals surface area contributed by atoms with Gasteiger partial charge in [-0.15, -0.1) is 11.6 Å². The van der Waals surface area contributed by atoms with Crippen molar-refractivity contribution in [2.24, 2.45) is 0 Å². The molecule has 1 aromatic heterocycles. The highest BCUT2D eigenvalue weighted by Crippen LogP contribution is 2.23. The van der Waals surface area contributed by atoms with Gasteiger partial charge in [0.1, 0.15) is 5.56 Å². The van der Waals surface area contributed by atoms with Crippen molar-refractivity contribution >= 4 is 45.2 Å². The highest BCUT2D eigenvalue weighted by atomic mass is 35.5. The Bertz CT molecular complexity index is 1120. The van der Waals surface area contributed by atoms with E-state index in [-0.39, 0.29) is 33.7 Å². The first-order valence-electron chi connectivity index (χ1n) is 10.7. The minimum Gasteiger partial charge on any atom is -0.480 e. The maximum Gasteiger partial charge on any atom is 0.328 e. The quantitative estimate of drug-likeness (QED) is 0.451. The lowest BCUT2D eigenvalue weighted by atomic mass is 9.95. The SMILES string of the molecule is COc1ncc(Cl)cc1C(=O)NCCc1ccc(S(=O)(=O)NC(=O)NC2CCC(Cl)CC2)cc1. The van der Waals surface area contributed by atoms with Crippen LogP contribution < -0.4 is 20.1 Å². The van der Waals surface area contributed by atoms with E-state index in [0.717, 1.165) is 18.4 Å². The third-order valence-electron chi connectivity index (χ3n) is 5.41. The molecule has 1 fully saturated rings. The molecule has 0 radical (unpaired) electrons. The molecule has 0 unspecified atom stereocenters. The van der Waals surface area contributed by atoms with Crippen LogP contribution in [0, 0.1) is 0 Å². The number of halogens is 2. The summed E-state index contributed by atoms with van der Waals surface area (Å²) in [4.78, 5) is 28.5. The van der Waals surface area contributed by atoms with Crippen molar-refractivity contribution in [2.45, 2.75) is 48.4 Å². The van der Waals surface area contributed by atoms with Crippen molar-refractivity contribution in [2.75, 3.05) is 13.7 Å². The van der Waals surface area contributed by atoms with E-state index in [1.165, 1.54) is 31.5 Å². The second-order valence-corrected chi connectivity index (χ2v) is 10.6. The van der Waals surface area contributed by atoms with E-state index in [0.29, 0.717) is 30.8 Å². The first-order chi connectivity index (χ1) is 16.2. The summed E-state index contributed by atoms with van der Waals surface area (Å²) < 4.78 is 32.2. The molecule has 1 aromatic carbocycles. The number of aromatic nitrogens is 1. The van der Waals surface area contributed by atoms with Crippen LogP contribution in [0.4, 0.5) is 4.79 Å². The summed E-state index contributed by atoms with van der Waals surface area (Å²) in [6, 6.07) is 6.70. The fraction of sp³-hybridized carbons (Fsp3) is 0.409.